The minimum absolute atomic E-state index is 0.191. The van der Waals surface area contributed by atoms with Crippen molar-refractivity contribution in [2.75, 3.05) is 5.32 Å². The van der Waals surface area contributed by atoms with Crippen LogP contribution in [-0.4, -0.2) is 14.8 Å². The average Bonchev–Trinajstić information content (AvgIpc) is 2.75. The highest BCUT2D eigenvalue weighted by atomic mass is 19.2. The molecule has 3 rings (SSSR count). The van der Waals surface area contributed by atoms with E-state index in [1.165, 1.54) is 6.07 Å². The van der Waals surface area contributed by atoms with Crippen LogP contribution in [0.25, 0.3) is 11.0 Å². The molecule has 4 nitrogen and oxygen atoms in total. The van der Waals surface area contributed by atoms with Crippen molar-refractivity contribution in [2.24, 2.45) is 7.05 Å². The van der Waals surface area contributed by atoms with Crippen LogP contribution in [0.5, 0.6) is 0 Å². The average molecular weight is 288 g/mol. The largest absolute Gasteiger partial charge is 0.380 e. The molecule has 0 aliphatic carbocycles. The molecule has 0 atom stereocenters. The second-order valence-electron chi connectivity index (χ2n) is 4.87. The van der Waals surface area contributed by atoms with Crippen LogP contribution in [0.15, 0.2) is 30.5 Å². The van der Waals surface area contributed by atoms with E-state index in [2.05, 4.69) is 15.4 Å². The van der Waals surface area contributed by atoms with Gasteiger partial charge in [-0.3, -0.25) is 4.68 Å². The molecule has 1 aromatic carbocycles. The standard InChI is InChI=1S/C15H14F2N4/c1-9-12-6-11(8-19-15(12)21(2)20-9)18-7-10-4-3-5-13(16)14(10)17/h3-6,8,18H,7H2,1-2H3. The summed E-state index contributed by atoms with van der Waals surface area (Å²) in [7, 11) is 1.83. The van der Waals surface area contributed by atoms with Crippen molar-refractivity contribution < 1.29 is 8.78 Å². The van der Waals surface area contributed by atoms with E-state index < -0.39 is 11.6 Å². The summed E-state index contributed by atoms with van der Waals surface area (Å²) in [6.45, 7) is 2.09. The first kappa shape index (κ1) is 13.5. The van der Waals surface area contributed by atoms with E-state index in [1.807, 2.05) is 20.0 Å². The van der Waals surface area contributed by atoms with Gasteiger partial charge in [0, 0.05) is 24.5 Å². The van der Waals surface area contributed by atoms with Crippen molar-refractivity contribution >= 4 is 16.7 Å². The number of nitrogens with one attached hydrogen (secondary N) is 1. The number of fused-ring (bicyclic) bond motifs is 1. The lowest BCUT2D eigenvalue weighted by Gasteiger charge is -2.08. The van der Waals surface area contributed by atoms with Crippen LogP contribution in [0.2, 0.25) is 0 Å². The van der Waals surface area contributed by atoms with Crippen LogP contribution < -0.4 is 5.32 Å². The summed E-state index contributed by atoms with van der Waals surface area (Å²) < 4.78 is 28.4. The minimum atomic E-state index is -0.842. The summed E-state index contributed by atoms with van der Waals surface area (Å²) >= 11 is 0. The third-order valence-corrected chi connectivity index (χ3v) is 3.38. The third-order valence-electron chi connectivity index (χ3n) is 3.38. The van der Waals surface area contributed by atoms with E-state index in [4.69, 9.17) is 0 Å². The Morgan fingerprint density at radius 1 is 1.29 bits per heavy atom. The Balaban J connectivity index is 1.85. The topological polar surface area (TPSA) is 42.7 Å². The molecule has 0 radical (unpaired) electrons. The lowest BCUT2D eigenvalue weighted by molar-refractivity contribution is 0.500. The highest BCUT2D eigenvalue weighted by Crippen LogP contribution is 2.20. The van der Waals surface area contributed by atoms with Gasteiger partial charge >= 0.3 is 0 Å². The lowest BCUT2D eigenvalue weighted by atomic mass is 10.2. The molecule has 2 aromatic heterocycles. The Morgan fingerprint density at radius 3 is 2.90 bits per heavy atom. The van der Waals surface area contributed by atoms with Crippen LogP contribution in [0.3, 0.4) is 0 Å². The Kier molecular flexibility index (Phi) is 3.29. The molecule has 0 fully saturated rings. The molecule has 0 aliphatic heterocycles. The van der Waals surface area contributed by atoms with Crippen molar-refractivity contribution in [3.63, 3.8) is 0 Å². The number of halogens is 2. The van der Waals surface area contributed by atoms with E-state index in [1.54, 1.807) is 16.9 Å². The van der Waals surface area contributed by atoms with Gasteiger partial charge in [0.25, 0.3) is 0 Å². The molecule has 108 valence electrons. The maximum absolute atomic E-state index is 13.6. The summed E-state index contributed by atoms with van der Waals surface area (Å²) in [6, 6.07) is 6.04. The zero-order valence-electron chi connectivity index (χ0n) is 11.7. The summed E-state index contributed by atoms with van der Waals surface area (Å²) in [5.74, 6) is -1.66. The Hall–Kier alpha value is -2.50. The predicted octanol–water partition coefficient (Wildman–Crippen LogP) is 3.17. The molecule has 0 amide bonds. The molecular weight excluding hydrogens is 274 g/mol. The van der Waals surface area contributed by atoms with Gasteiger partial charge in [-0.05, 0) is 19.1 Å². The van der Waals surface area contributed by atoms with Gasteiger partial charge < -0.3 is 5.32 Å². The SMILES string of the molecule is Cc1nn(C)c2ncc(NCc3cccc(F)c3F)cc12. The molecule has 0 spiro atoms. The van der Waals surface area contributed by atoms with Crippen molar-refractivity contribution in [3.8, 4) is 0 Å². The molecule has 0 unspecified atom stereocenters. The number of nitrogens with zero attached hydrogens (tertiary/aromatic N) is 3. The van der Waals surface area contributed by atoms with Gasteiger partial charge in [0.15, 0.2) is 17.3 Å². The maximum Gasteiger partial charge on any atom is 0.163 e. The normalized spacial score (nSPS) is 11.0. The molecular formula is C15H14F2N4. The summed E-state index contributed by atoms with van der Waals surface area (Å²) in [6.07, 6.45) is 1.65. The Morgan fingerprint density at radius 2 is 2.10 bits per heavy atom. The zero-order chi connectivity index (χ0) is 15.0. The van der Waals surface area contributed by atoms with Crippen molar-refractivity contribution in [3.05, 3.63) is 53.4 Å². The second-order valence-corrected chi connectivity index (χ2v) is 4.87. The van der Waals surface area contributed by atoms with Crippen LogP contribution in [0, 0.1) is 18.6 Å². The molecule has 21 heavy (non-hydrogen) atoms. The van der Waals surface area contributed by atoms with E-state index in [9.17, 15) is 8.78 Å². The van der Waals surface area contributed by atoms with Crippen LogP contribution in [0.1, 0.15) is 11.3 Å². The van der Waals surface area contributed by atoms with Crippen molar-refractivity contribution in [1.82, 2.24) is 14.8 Å². The highest BCUT2D eigenvalue weighted by Gasteiger charge is 2.09. The highest BCUT2D eigenvalue weighted by molar-refractivity contribution is 5.81. The molecule has 6 heteroatoms. The fourth-order valence-corrected chi connectivity index (χ4v) is 2.29. The Labute approximate surface area is 120 Å². The summed E-state index contributed by atoms with van der Waals surface area (Å²) in [4.78, 5) is 4.32. The molecule has 1 N–H and O–H groups in total. The van der Waals surface area contributed by atoms with E-state index in [0.717, 1.165) is 28.5 Å². The third kappa shape index (κ3) is 2.44. The fourth-order valence-electron chi connectivity index (χ4n) is 2.29. The van der Waals surface area contributed by atoms with Crippen LogP contribution in [-0.2, 0) is 13.6 Å². The van der Waals surface area contributed by atoms with Gasteiger partial charge in [0.1, 0.15) is 0 Å². The smallest absolute Gasteiger partial charge is 0.163 e. The minimum Gasteiger partial charge on any atom is -0.380 e. The molecule has 0 aliphatic rings. The number of anilines is 1. The number of benzene rings is 1. The second kappa shape index (κ2) is 5.12. The van der Waals surface area contributed by atoms with Gasteiger partial charge in [-0.25, -0.2) is 13.8 Å². The Bertz CT molecular complexity index is 811. The maximum atomic E-state index is 13.6. The predicted molar refractivity (Wildman–Crippen MR) is 76.9 cm³/mol. The number of hydrogen-bond acceptors (Lipinski definition) is 3. The van der Waals surface area contributed by atoms with Gasteiger partial charge in [-0.15, -0.1) is 0 Å². The molecule has 0 saturated carbocycles. The monoisotopic (exact) mass is 288 g/mol. The van der Waals surface area contributed by atoms with Crippen LogP contribution >= 0.6 is 0 Å². The van der Waals surface area contributed by atoms with Gasteiger partial charge in [-0.1, -0.05) is 12.1 Å². The first-order valence-electron chi connectivity index (χ1n) is 6.52. The number of rotatable bonds is 3. The van der Waals surface area contributed by atoms with E-state index in [0.29, 0.717) is 0 Å². The molecule has 2 heterocycles. The number of hydrogen-bond donors (Lipinski definition) is 1. The first-order valence-corrected chi connectivity index (χ1v) is 6.52. The van der Waals surface area contributed by atoms with Gasteiger partial charge in [0.05, 0.1) is 17.6 Å². The lowest BCUT2D eigenvalue weighted by Crippen LogP contribution is -2.03. The van der Waals surface area contributed by atoms with Gasteiger partial charge in [-0.2, -0.15) is 5.10 Å². The first-order chi connectivity index (χ1) is 10.1. The zero-order valence-corrected chi connectivity index (χ0v) is 11.7. The van der Waals surface area contributed by atoms with Crippen LogP contribution in [0.4, 0.5) is 14.5 Å². The fraction of sp³-hybridized carbons (Fsp3) is 0.200. The summed E-state index contributed by atoms with van der Waals surface area (Å²) in [5, 5.41) is 8.28. The van der Waals surface area contributed by atoms with E-state index in [-0.39, 0.29) is 12.1 Å². The quantitative estimate of drug-likeness (QED) is 0.805. The number of aromatic nitrogens is 3. The number of pyridine rings is 1. The van der Waals surface area contributed by atoms with Crippen molar-refractivity contribution in [2.45, 2.75) is 13.5 Å². The molecule has 0 saturated heterocycles. The number of aryl methyl sites for hydroxylation is 2. The molecule has 0 bridgehead atoms. The van der Waals surface area contributed by atoms with E-state index >= 15 is 0 Å². The van der Waals surface area contributed by atoms with Crippen molar-refractivity contribution in [1.29, 1.82) is 0 Å². The van der Waals surface area contributed by atoms with Gasteiger partial charge in [0.2, 0.25) is 0 Å². The molecule has 3 aromatic rings. The summed E-state index contributed by atoms with van der Waals surface area (Å²) in [5.41, 5.74) is 2.68.